The van der Waals surface area contributed by atoms with Crippen LogP contribution in [0.3, 0.4) is 0 Å². The molecule has 0 unspecified atom stereocenters. The number of carbonyl (C=O) groups is 1. The molecule has 0 saturated heterocycles. The molecule has 1 N–H and O–H groups in total. The Kier molecular flexibility index (Phi) is 5.48. The average Bonchev–Trinajstić information content (AvgIpc) is 2.52. The van der Waals surface area contributed by atoms with Gasteiger partial charge in [0.25, 0.3) is 0 Å². The van der Waals surface area contributed by atoms with Crippen molar-refractivity contribution in [2.24, 2.45) is 5.92 Å². The fourth-order valence-corrected chi connectivity index (χ4v) is 2.21. The van der Waals surface area contributed by atoms with Crippen LogP contribution in [0.15, 0.2) is 54.9 Å². The molecule has 2 rings (SSSR count). The fourth-order valence-electron chi connectivity index (χ4n) is 2.21. The van der Waals surface area contributed by atoms with Gasteiger partial charge in [-0.15, -0.1) is 0 Å². The summed E-state index contributed by atoms with van der Waals surface area (Å²) in [6.07, 6.45) is 5.16. The number of nitrogens with one attached hydrogen (secondary N) is 1. The summed E-state index contributed by atoms with van der Waals surface area (Å²) in [7, 11) is 0. The number of hydrogen-bond donors (Lipinski definition) is 1. The van der Waals surface area contributed by atoms with Gasteiger partial charge in [0.1, 0.15) is 0 Å². The lowest BCUT2D eigenvalue weighted by Gasteiger charge is -2.12. The summed E-state index contributed by atoms with van der Waals surface area (Å²) in [6.45, 7) is 6.77. The molecule has 1 aromatic heterocycles. The first kappa shape index (κ1) is 16.0. The SMILES string of the molecule is Cc1ccc(/C(=C/C(=O)NCc2ccncc2)C(C)C)cc1. The van der Waals surface area contributed by atoms with Gasteiger partial charge in [0.05, 0.1) is 0 Å². The van der Waals surface area contributed by atoms with Crippen molar-refractivity contribution in [3.05, 3.63) is 71.6 Å². The molecule has 0 spiro atoms. The molecule has 1 heterocycles. The van der Waals surface area contributed by atoms with E-state index in [0.717, 1.165) is 16.7 Å². The molecule has 0 fully saturated rings. The molecule has 2 aromatic rings. The monoisotopic (exact) mass is 294 g/mol. The van der Waals surface area contributed by atoms with Crippen molar-refractivity contribution in [3.63, 3.8) is 0 Å². The third kappa shape index (κ3) is 4.55. The summed E-state index contributed by atoms with van der Waals surface area (Å²) in [4.78, 5) is 16.1. The van der Waals surface area contributed by atoms with Crippen LogP contribution in [0.25, 0.3) is 5.57 Å². The maximum absolute atomic E-state index is 12.2. The van der Waals surface area contributed by atoms with Crippen LogP contribution < -0.4 is 5.32 Å². The van der Waals surface area contributed by atoms with E-state index in [-0.39, 0.29) is 11.8 Å². The number of pyridine rings is 1. The number of rotatable bonds is 5. The van der Waals surface area contributed by atoms with Crippen molar-refractivity contribution < 1.29 is 4.79 Å². The lowest BCUT2D eigenvalue weighted by Crippen LogP contribution is -2.21. The van der Waals surface area contributed by atoms with Crippen LogP contribution in [0.4, 0.5) is 0 Å². The van der Waals surface area contributed by atoms with Gasteiger partial charge in [-0.2, -0.15) is 0 Å². The molecule has 0 radical (unpaired) electrons. The number of aryl methyl sites for hydroxylation is 1. The normalized spacial score (nSPS) is 11.5. The van der Waals surface area contributed by atoms with E-state index in [4.69, 9.17) is 0 Å². The molecule has 0 aliphatic heterocycles. The van der Waals surface area contributed by atoms with Gasteiger partial charge in [0.2, 0.25) is 5.91 Å². The lowest BCUT2D eigenvalue weighted by atomic mass is 9.94. The van der Waals surface area contributed by atoms with Crippen LogP contribution in [-0.4, -0.2) is 10.9 Å². The van der Waals surface area contributed by atoms with E-state index >= 15 is 0 Å². The average molecular weight is 294 g/mol. The molecule has 0 saturated carbocycles. The largest absolute Gasteiger partial charge is 0.348 e. The number of amides is 1. The number of nitrogens with zero attached hydrogens (tertiary/aromatic N) is 1. The third-order valence-electron chi connectivity index (χ3n) is 3.51. The number of aromatic nitrogens is 1. The van der Waals surface area contributed by atoms with Crippen molar-refractivity contribution >= 4 is 11.5 Å². The highest BCUT2D eigenvalue weighted by atomic mass is 16.1. The first-order valence-corrected chi connectivity index (χ1v) is 7.51. The van der Waals surface area contributed by atoms with Crippen molar-refractivity contribution in [1.82, 2.24) is 10.3 Å². The minimum absolute atomic E-state index is 0.0684. The van der Waals surface area contributed by atoms with Gasteiger partial charge in [-0.3, -0.25) is 9.78 Å². The molecule has 3 nitrogen and oxygen atoms in total. The third-order valence-corrected chi connectivity index (χ3v) is 3.51. The number of allylic oxidation sites excluding steroid dienone is 1. The fraction of sp³-hybridized carbons (Fsp3) is 0.263. The Morgan fingerprint density at radius 3 is 2.36 bits per heavy atom. The Hall–Kier alpha value is -2.42. The van der Waals surface area contributed by atoms with Gasteiger partial charge < -0.3 is 5.32 Å². The molecule has 0 atom stereocenters. The standard InChI is InChI=1S/C19H22N2O/c1-14(2)18(17-6-4-15(3)5-7-17)12-19(22)21-13-16-8-10-20-11-9-16/h4-12,14H,13H2,1-3H3,(H,21,22)/b18-12+. The summed E-state index contributed by atoms with van der Waals surface area (Å²) in [5.41, 5.74) is 4.40. The van der Waals surface area contributed by atoms with Gasteiger partial charge >= 0.3 is 0 Å². The first-order chi connectivity index (χ1) is 10.6. The smallest absolute Gasteiger partial charge is 0.244 e. The van der Waals surface area contributed by atoms with Gasteiger partial charge in [0, 0.05) is 25.0 Å². The molecular weight excluding hydrogens is 272 g/mol. The van der Waals surface area contributed by atoms with Crippen LogP contribution in [0.1, 0.15) is 30.5 Å². The minimum atomic E-state index is -0.0684. The highest BCUT2D eigenvalue weighted by Gasteiger charge is 2.09. The molecule has 3 heteroatoms. The Morgan fingerprint density at radius 1 is 1.14 bits per heavy atom. The molecule has 22 heavy (non-hydrogen) atoms. The lowest BCUT2D eigenvalue weighted by molar-refractivity contribution is -0.116. The second kappa shape index (κ2) is 7.55. The van der Waals surface area contributed by atoms with E-state index in [2.05, 4.69) is 55.3 Å². The Labute approximate surface area is 132 Å². The second-order valence-electron chi connectivity index (χ2n) is 5.69. The van der Waals surface area contributed by atoms with E-state index in [1.165, 1.54) is 5.56 Å². The van der Waals surface area contributed by atoms with E-state index in [0.29, 0.717) is 6.54 Å². The number of carbonyl (C=O) groups excluding carboxylic acids is 1. The van der Waals surface area contributed by atoms with E-state index in [9.17, 15) is 4.79 Å². The highest BCUT2D eigenvalue weighted by Crippen LogP contribution is 2.23. The predicted octanol–water partition coefficient (Wildman–Crippen LogP) is 3.75. The zero-order valence-electron chi connectivity index (χ0n) is 13.3. The van der Waals surface area contributed by atoms with Gasteiger partial charge in [-0.05, 0) is 41.7 Å². The van der Waals surface area contributed by atoms with Gasteiger partial charge in [-0.25, -0.2) is 0 Å². The summed E-state index contributed by atoms with van der Waals surface area (Å²) >= 11 is 0. The second-order valence-corrected chi connectivity index (χ2v) is 5.69. The van der Waals surface area contributed by atoms with Crippen LogP contribution in [-0.2, 0) is 11.3 Å². The van der Waals surface area contributed by atoms with Crippen LogP contribution in [0, 0.1) is 12.8 Å². The van der Waals surface area contributed by atoms with Crippen molar-refractivity contribution in [2.75, 3.05) is 0 Å². The molecule has 0 aliphatic carbocycles. The molecule has 1 aromatic carbocycles. The van der Waals surface area contributed by atoms with Gasteiger partial charge in [-0.1, -0.05) is 43.7 Å². The van der Waals surface area contributed by atoms with Crippen LogP contribution >= 0.6 is 0 Å². The van der Waals surface area contributed by atoms with Crippen molar-refractivity contribution in [2.45, 2.75) is 27.3 Å². The molecule has 1 amide bonds. The Balaban J connectivity index is 2.09. The number of benzene rings is 1. The van der Waals surface area contributed by atoms with Crippen molar-refractivity contribution in [3.8, 4) is 0 Å². The molecule has 114 valence electrons. The zero-order valence-corrected chi connectivity index (χ0v) is 13.3. The summed E-state index contributed by atoms with van der Waals surface area (Å²) in [6, 6.07) is 12.1. The summed E-state index contributed by atoms with van der Waals surface area (Å²) < 4.78 is 0. The van der Waals surface area contributed by atoms with E-state index in [1.807, 2.05) is 12.1 Å². The molecule has 0 aliphatic rings. The Bertz CT molecular complexity index is 643. The van der Waals surface area contributed by atoms with E-state index < -0.39 is 0 Å². The summed E-state index contributed by atoms with van der Waals surface area (Å²) in [5, 5.41) is 2.92. The molecular formula is C19H22N2O. The molecule has 0 bridgehead atoms. The topological polar surface area (TPSA) is 42.0 Å². The van der Waals surface area contributed by atoms with Crippen molar-refractivity contribution in [1.29, 1.82) is 0 Å². The highest BCUT2D eigenvalue weighted by molar-refractivity contribution is 5.95. The maximum Gasteiger partial charge on any atom is 0.244 e. The maximum atomic E-state index is 12.2. The number of hydrogen-bond acceptors (Lipinski definition) is 2. The quantitative estimate of drug-likeness (QED) is 0.853. The van der Waals surface area contributed by atoms with E-state index in [1.54, 1.807) is 18.5 Å². The first-order valence-electron chi connectivity index (χ1n) is 7.51. The van der Waals surface area contributed by atoms with Crippen LogP contribution in [0.5, 0.6) is 0 Å². The zero-order chi connectivity index (χ0) is 15.9. The summed E-state index contributed by atoms with van der Waals surface area (Å²) in [5.74, 6) is 0.218. The minimum Gasteiger partial charge on any atom is -0.348 e. The predicted molar refractivity (Wildman–Crippen MR) is 90.1 cm³/mol. The Morgan fingerprint density at radius 2 is 1.77 bits per heavy atom. The van der Waals surface area contributed by atoms with Gasteiger partial charge in [0.15, 0.2) is 0 Å². The van der Waals surface area contributed by atoms with Crippen LogP contribution in [0.2, 0.25) is 0 Å².